The van der Waals surface area contributed by atoms with E-state index in [9.17, 15) is 18.0 Å². The second-order valence-electron chi connectivity index (χ2n) is 7.98. The molecule has 0 aromatic heterocycles. The second-order valence-corrected chi connectivity index (χ2v) is 10.7. The van der Waals surface area contributed by atoms with Gasteiger partial charge in [-0.05, 0) is 49.2 Å². The number of sulfone groups is 1. The van der Waals surface area contributed by atoms with E-state index in [-0.39, 0.29) is 22.4 Å². The topological polar surface area (TPSA) is 116 Å². The van der Waals surface area contributed by atoms with Crippen LogP contribution in [-0.4, -0.2) is 69.5 Å². The molecule has 11 heteroatoms. The van der Waals surface area contributed by atoms with Gasteiger partial charge in [-0.25, -0.2) is 13.2 Å². The van der Waals surface area contributed by atoms with Gasteiger partial charge in [-0.2, -0.15) is 0 Å². The number of carbonyl (C=O) groups excluding carboxylic acids is 1. The third kappa shape index (κ3) is 5.56. The van der Waals surface area contributed by atoms with Crippen LogP contribution in [0.25, 0.3) is 0 Å². The van der Waals surface area contributed by atoms with Crippen molar-refractivity contribution in [3.05, 3.63) is 47.0 Å². The van der Waals surface area contributed by atoms with Crippen molar-refractivity contribution in [2.45, 2.75) is 30.7 Å². The van der Waals surface area contributed by atoms with Crippen molar-refractivity contribution in [3.63, 3.8) is 0 Å². The van der Waals surface area contributed by atoms with Crippen LogP contribution in [0.5, 0.6) is 5.75 Å². The van der Waals surface area contributed by atoms with Gasteiger partial charge in [0.15, 0.2) is 9.84 Å². The fraction of sp³-hybridized carbons (Fsp3) is 0.391. The van der Waals surface area contributed by atoms with Gasteiger partial charge in [-0.15, -0.1) is 0 Å². The number of benzene rings is 2. The first kappa shape index (κ1) is 25.6. The summed E-state index contributed by atoms with van der Waals surface area (Å²) in [5.41, 5.74) is 1.20. The van der Waals surface area contributed by atoms with Crippen LogP contribution in [0.4, 0.5) is 16.2 Å². The van der Waals surface area contributed by atoms with E-state index >= 15 is 0 Å². The minimum absolute atomic E-state index is 0.0354. The van der Waals surface area contributed by atoms with Gasteiger partial charge in [0.05, 0.1) is 29.1 Å². The van der Waals surface area contributed by atoms with Crippen molar-refractivity contribution in [1.82, 2.24) is 4.90 Å². The maximum absolute atomic E-state index is 13.2. The Bertz CT molecular complexity index is 1180. The number of halogens is 1. The summed E-state index contributed by atoms with van der Waals surface area (Å²) in [6, 6.07) is 9.37. The highest BCUT2D eigenvalue weighted by Gasteiger charge is 2.25. The number of anilines is 2. The van der Waals surface area contributed by atoms with Crippen LogP contribution in [0, 0.1) is 0 Å². The number of rotatable bonds is 7. The monoisotopic (exact) mass is 509 g/mol. The van der Waals surface area contributed by atoms with Crippen molar-refractivity contribution in [2.75, 3.05) is 43.2 Å². The fourth-order valence-corrected chi connectivity index (χ4v) is 5.12. The molecule has 0 bridgehead atoms. The average molecular weight is 510 g/mol. The Balaban J connectivity index is 1.83. The molecule has 9 nitrogen and oxygen atoms in total. The first-order valence-corrected chi connectivity index (χ1v) is 12.8. The Labute approximate surface area is 204 Å². The molecule has 1 aliphatic heterocycles. The summed E-state index contributed by atoms with van der Waals surface area (Å²) in [5.74, 6) is -0.0784. The van der Waals surface area contributed by atoms with Crippen LogP contribution < -0.4 is 15.0 Å². The lowest BCUT2D eigenvalue weighted by Gasteiger charge is -2.31. The van der Waals surface area contributed by atoms with Gasteiger partial charge in [0.1, 0.15) is 5.75 Å². The molecule has 0 saturated carbocycles. The minimum Gasteiger partial charge on any atom is -0.495 e. The van der Waals surface area contributed by atoms with E-state index < -0.39 is 21.8 Å². The lowest BCUT2D eigenvalue weighted by atomic mass is 10.0. The smallest absolute Gasteiger partial charge is 0.407 e. The predicted molar refractivity (Wildman–Crippen MR) is 131 cm³/mol. The number of hydrogen-bond donors (Lipinski definition) is 2. The molecule has 1 fully saturated rings. The Kier molecular flexibility index (Phi) is 7.93. The molecule has 2 N–H and O–H groups in total. The molecule has 0 atom stereocenters. The molecule has 1 heterocycles. The fourth-order valence-electron chi connectivity index (χ4n) is 3.85. The summed E-state index contributed by atoms with van der Waals surface area (Å²) in [4.78, 5) is 27.0. The van der Waals surface area contributed by atoms with E-state index in [0.29, 0.717) is 48.0 Å². The highest BCUT2D eigenvalue weighted by molar-refractivity contribution is 7.91. The predicted octanol–water partition coefficient (Wildman–Crippen LogP) is 3.97. The van der Waals surface area contributed by atoms with Crippen LogP contribution in [0.2, 0.25) is 5.02 Å². The van der Waals surface area contributed by atoms with Crippen molar-refractivity contribution in [3.8, 4) is 5.75 Å². The van der Waals surface area contributed by atoms with Crippen LogP contribution in [0.15, 0.2) is 41.3 Å². The molecule has 34 heavy (non-hydrogen) atoms. The van der Waals surface area contributed by atoms with Gasteiger partial charge in [0.25, 0.3) is 5.91 Å². The number of nitrogens with one attached hydrogen (secondary N) is 1. The summed E-state index contributed by atoms with van der Waals surface area (Å²) >= 11 is 6.10. The summed E-state index contributed by atoms with van der Waals surface area (Å²) in [6.07, 6.45) is 0.391. The first-order valence-electron chi connectivity index (χ1n) is 10.8. The third-order valence-electron chi connectivity index (χ3n) is 5.88. The second kappa shape index (κ2) is 10.5. The summed E-state index contributed by atoms with van der Waals surface area (Å²) in [7, 11) is -0.587. The number of hydrogen-bond acceptors (Lipinski definition) is 6. The van der Waals surface area contributed by atoms with Gasteiger partial charge in [0, 0.05) is 36.8 Å². The number of carbonyl (C=O) groups is 2. The van der Waals surface area contributed by atoms with E-state index in [1.807, 2.05) is 0 Å². The molecule has 1 saturated heterocycles. The number of nitrogens with zero attached hydrogens (tertiary/aromatic N) is 2. The van der Waals surface area contributed by atoms with Gasteiger partial charge >= 0.3 is 6.09 Å². The Morgan fingerprint density at radius 2 is 1.88 bits per heavy atom. The van der Waals surface area contributed by atoms with Crippen molar-refractivity contribution in [1.29, 1.82) is 0 Å². The molecule has 2 aromatic carbocycles. The standard InChI is InChI=1S/C23H28ClN3O6S/c1-4-34(31,32)21-8-6-16(24)14-19(21)26(2)22(28)15-5-7-18(20(13-15)33-3)25-17-9-11-27(12-10-17)23(29)30/h5-8,13-14,17,25H,4,9-12H2,1-3H3,(H,29,30). The van der Waals surface area contributed by atoms with E-state index in [2.05, 4.69) is 5.32 Å². The van der Waals surface area contributed by atoms with Crippen LogP contribution in [0.1, 0.15) is 30.1 Å². The first-order chi connectivity index (χ1) is 16.1. The molecular formula is C23H28ClN3O6S. The van der Waals surface area contributed by atoms with Crippen LogP contribution in [0.3, 0.4) is 0 Å². The molecular weight excluding hydrogens is 482 g/mol. The molecule has 1 aliphatic rings. The lowest BCUT2D eigenvalue weighted by Crippen LogP contribution is -2.41. The van der Waals surface area contributed by atoms with Gasteiger partial charge in [-0.3, -0.25) is 4.79 Å². The largest absolute Gasteiger partial charge is 0.495 e. The number of ether oxygens (including phenoxy) is 1. The van der Waals surface area contributed by atoms with Gasteiger partial charge in [-0.1, -0.05) is 18.5 Å². The number of methoxy groups -OCH3 is 1. The zero-order valence-electron chi connectivity index (χ0n) is 19.2. The average Bonchev–Trinajstić information content (AvgIpc) is 2.83. The Hall–Kier alpha value is -2.98. The molecule has 0 unspecified atom stereocenters. The van der Waals surface area contributed by atoms with Crippen molar-refractivity contribution >= 4 is 44.8 Å². The maximum atomic E-state index is 13.2. The molecule has 0 aliphatic carbocycles. The molecule has 184 valence electrons. The molecule has 2 amide bonds. The van der Waals surface area contributed by atoms with Crippen LogP contribution in [-0.2, 0) is 9.84 Å². The number of likely N-dealkylation sites (tertiary alicyclic amines) is 1. The quantitative estimate of drug-likeness (QED) is 0.580. The SMILES string of the molecule is CCS(=O)(=O)c1ccc(Cl)cc1N(C)C(=O)c1ccc(NC2CCN(C(=O)O)CC2)c(OC)c1. The normalized spacial score (nSPS) is 14.5. The maximum Gasteiger partial charge on any atom is 0.407 e. The zero-order chi connectivity index (χ0) is 25.0. The van der Waals surface area contributed by atoms with Crippen LogP contribution >= 0.6 is 11.6 Å². The molecule has 3 rings (SSSR count). The minimum atomic E-state index is -3.58. The van der Waals surface area contributed by atoms with Gasteiger partial charge < -0.3 is 25.0 Å². The zero-order valence-corrected chi connectivity index (χ0v) is 20.8. The van der Waals surface area contributed by atoms with Crippen molar-refractivity contribution < 1.29 is 27.9 Å². The Morgan fingerprint density at radius 3 is 2.47 bits per heavy atom. The number of piperidine rings is 1. The molecule has 0 radical (unpaired) electrons. The number of carboxylic acid groups (broad SMARTS) is 1. The summed E-state index contributed by atoms with van der Waals surface area (Å²) < 4.78 is 30.6. The molecule has 0 spiro atoms. The summed E-state index contributed by atoms with van der Waals surface area (Å²) in [5, 5.41) is 12.8. The Morgan fingerprint density at radius 1 is 1.21 bits per heavy atom. The highest BCUT2D eigenvalue weighted by atomic mass is 35.5. The highest BCUT2D eigenvalue weighted by Crippen LogP contribution is 2.32. The number of amides is 2. The lowest BCUT2D eigenvalue weighted by molar-refractivity contribution is 0.0992. The van der Waals surface area contributed by atoms with E-state index in [4.69, 9.17) is 21.4 Å². The summed E-state index contributed by atoms with van der Waals surface area (Å²) in [6.45, 7) is 2.43. The molecule has 2 aromatic rings. The van der Waals surface area contributed by atoms with Crippen molar-refractivity contribution in [2.24, 2.45) is 0 Å². The van der Waals surface area contributed by atoms with E-state index in [1.165, 1.54) is 49.1 Å². The van der Waals surface area contributed by atoms with E-state index in [1.54, 1.807) is 18.2 Å². The van der Waals surface area contributed by atoms with Gasteiger partial charge in [0.2, 0.25) is 0 Å². The third-order valence-corrected chi connectivity index (χ3v) is 7.89. The van der Waals surface area contributed by atoms with E-state index in [0.717, 1.165) is 0 Å².